The maximum absolute atomic E-state index is 12.6. The number of nitrogens with zero attached hydrogens (tertiary/aromatic N) is 2. The van der Waals surface area contributed by atoms with Gasteiger partial charge in [0.15, 0.2) is 6.10 Å². The molecule has 0 aliphatic rings. The number of anilines is 2. The molecule has 1 amide bonds. The second-order valence-corrected chi connectivity index (χ2v) is 7.16. The number of non-ortho nitro benzene ring substituents is 1. The lowest BCUT2D eigenvalue weighted by molar-refractivity contribution is -0.384. The van der Waals surface area contributed by atoms with E-state index in [-0.39, 0.29) is 11.3 Å². The topological polar surface area (TPSA) is 102 Å². The number of rotatable bonds is 6. The molecule has 0 fully saturated rings. The Balaban J connectivity index is 2.21. The molecule has 0 saturated heterocycles. The van der Waals surface area contributed by atoms with Crippen molar-refractivity contribution in [3.63, 3.8) is 0 Å². The second-order valence-electron chi connectivity index (χ2n) is 7.16. The van der Waals surface area contributed by atoms with Gasteiger partial charge in [-0.05, 0) is 44.9 Å². The average molecular weight is 399 g/mol. The molecule has 0 saturated carbocycles. The van der Waals surface area contributed by atoms with Crippen molar-refractivity contribution in [2.24, 2.45) is 0 Å². The van der Waals surface area contributed by atoms with Crippen molar-refractivity contribution in [3.8, 4) is 0 Å². The van der Waals surface area contributed by atoms with Crippen LogP contribution in [0.5, 0.6) is 0 Å². The molecule has 2 rings (SSSR count). The minimum absolute atomic E-state index is 0.0200. The third-order valence-electron chi connectivity index (χ3n) is 4.47. The number of esters is 1. The van der Waals surface area contributed by atoms with Crippen LogP contribution in [0.4, 0.5) is 17.1 Å². The average Bonchev–Trinajstić information content (AvgIpc) is 2.63. The van der Waals surface area contributed by atoms with E-state index in [4.69, 9.17) is 4.74 Å². The van der Waals surface area contributed by atoms with Crippen LogP contribution in [0.2, 0.25) is 0 Å². The quantitative estimate of drug-likeness (QED) is 0.451. The predicted octanol–water partition coefficient (Wildman–Crippen LogP) is 3.77. The highest BCUT2D eigenvalue weighted by atomic mass is 16.6. The standard InChI is InChI=1S/C21H25N3O5/c1-12-9-13(2)19(14(3)10-12)22-20(25)15(4)29-21(26)17-11-16(24(27)28)7-8-18(17)23(5)6/h7-11,15H,1-6H3,(H,22,25)/t15-/m0/s1. The van der Waals surface area contributed by atoms with E-state index in [1.165, 1.54) is 19.1 Å². The van der Waals surface area contributed by atoms with Crippen LogP contribution in [0.25, 0.3) is 0 Å². The molecule has 0 unspecified atom stereocenters. The number of aryl methyl sites for hydroxylation is 3. The third-order valence-corrected chi connectivity index (χ3v) is 4.47. The van der Waals surface area contributed by atoms with Gasteiger partial charge in [0.25, 0.3) is 11.6 Å². The fourth-order valence-electron chi connectivity index (χ4n) is 3.07. The molecule has 8 nitrogen and oxygen atoms in total. The highest BCUT2D eigenvalue weighted by Crippen LogP contribution is 2.26. The monoisotopic (exact) mass is 399 g/mol. The fraction of sp³-hybridized carbons (Fsp3) is 0.333. The number of ether oxygens (including phenoxy) is 1. The van der Waals surface area contributed by atoms with Crippen LogP contribution in [0, 0.1) is 30.9 Å². The van der Waals surface area contributed by atoms with Crippen LogP contribution in [0.3, 0.4) is 0 Å². The predicted molar refractivity (Wildman–Crippen MR) is 112 cm³/mol. The summed E-state index contributed by atoms with van der Waals surface area (Å²) in [6, 6.07) is 7.83. The molecular weight excluding hydrogens is 374 g/mol. The van der Waals surface area contributed by atoms with Crippen LogP contribution >= 0.6 is 0 Å². The molecule has 1 atom stereocenters. The fourth-order valence-corrected chi connectivity index (χ4v) is 3.07. The molecule has 0 aliphatic heterocycles. The van der Waals surface area contributed by atoms with Crippen LogP contribution < -0.4 is 10.2 Å². The molecule has 0 heterocycles. The van der Waals surface area contributed by atoms with E-state index in [0.717, 1.165) is 22.8 Å². The first-order valence-electron chi connectivity index (χ1n) is 9.06. The first kappa shape index (κ1) is 21.9. The summed E-state index contributed by atoms with van der Waals surface area (Å²) >= 11 is 0. The number of benzene rings is 2. The molecule has 0 bridgehead atoms. The Hall–Kier alpha value is -3.42. The van der Waals surface area contributed by atoms with Crippen LogP contribution in [0.1, 0.15) is 34.0 Å². The zero-order valence-corrected chi connectivity index (χ0v) is 17.4. The highest BCUT2D eigenvalue weighted by Gasteiger charge is 2.24. The Kier molecular flexibility index (Phi) is 6.58. The van der Waals surface area contributed by atoms with Crippen molar-refractivity contribution in [1.29, 1.82) is 0 Å². The summed E-state index contributed by atoms with van der Waals surface area (Å²) in [5, 5.41) is 13.8. The lowest BCUT2D eigenvalue weighted by atomic mass is 10.0. The van der Waals surface area contributed by atoms with Crippen molar-refractivity contribution >= 4 is 28.9 Å². The number of nitrogens with one attached hydrogen (secondary N) is 1. The normalized spacial score (nSPS) is 11.5. The van der Waals surface area contributed by atoms with Gasteiger partial charge < -0.3 is 15.0 Å². The number of nitro benzene ring substituents is 1. The summed E-state index contributed by atoms with van der Waals surface area (Å²) < 4.78 is 5.30. The van der Waals surface area contributed by atoms with Crippen molar-refractivity contribution < 1.29 is 19.2 Å². The molecule has 2 aromatic carbocycles. The van der Waals surface area contributed by atoms with Gasteiger partial charge in [0.1, 0.15) is 0 Å². The van der Waals surface area contributed by atoms with Gasteiger partial charge in [-0.15, -0.1) is 0 Å². The molecule has 0 aromatic heterocycles. The SMILES string of the molecule is Cc1cc(C)c(NC(=O)[C@H](C)OC(=O)c2cc([N+](=O)[O-])ccc2N(C)C)c(C)c1. The van der Waals surface area contributed by atoms with Gasteiger partial charge in [-0.3, -0.25) is 14.9 Å². The minimum atomic E-state index is -1.09. The summed E-state index contributed by atoms with van der Waals surface area (Å²) in [7, 11) is 3.41. The number of hydrogen-bond donors (Lipinski definition) is 1. The van der Waals surface area contributed by atoms with Gasteiger partial charge in [-0.1, -0.05) is 17.7 Å². The van der Waals surface area contributed by atoms with Crippen LogP contribution in [0.15, 0.2) is 30.3 Å². The lowest BCUT2D eigenvalue weighted by Gasteiger charge is -2.19. The van der Waals surface area contributed by atoms with Gasteiger partial charge >= 0.3 is 5.97 Å². The molecule has 0 radical (unpaired) electrons. The Morgan fingerprint density at radius 1 is 1.10 bits per heavy atom. The first-order chi connectivity index (χ1) is 13.5. The molecule has 0 aliphatic carbocycles. The maximum Gasteiger partial charge on any atom is 0.341 e. The zero-order chi connectivity index (χ0) is 21.9. The van der Waals surface area contributed by atoms with E-state index in [9.17, 15) is 19.7 Å². The second kappa shape index (κ2) is 8.72. The molecule has 154 valence electrons. The van der Waals surface area contributed by atoms with Crippen molar-refractivity contribution in [2.45, 2.75) is 33.8 Å². The van der Waals surface area contributed by atoms with Crippen LogP contribution in [-0.2, 0) is 9.53 Å². The molecular formula is C21H25N3O5. The summed E-state index contributed by atoms with van der Waals surface area (Å²) in [6.07, 6.45) is -1.09. The molecule has 29 heavy (non-hydrogen) atoms. The van der Waals surface area contributed by atoms with E-state index >= 15 is 0 Å². The Morgan fingerprint density at radius 3 is 2.21 bits per heavy atom. The number of carbonyl (C=O) groups excluding carboxylic acids is 2. The van der Waals surface area contributed by atoms with E-state index in [1.807, 2.05) is 32.9 Å². The number of amides is 1. The van der Waals surface area contributed by atoms with Crippen LogP contribution in [-0.4, -0.2) is 37.0 Å². The summed E-state index contributed by atoms with van der Waals surface area (Å²) in [6.45, 7) is 7.20. The Bertz CT molecular complexity index is 946. The van der Waals surface area contributed by atoms with E-state index < -0.39 is 22.9 Å². The van der Waals surface area contributed by atoms with E-state index in [1.54, 1.807) is 19.0 Å². The van der Waals surface area contributed by atoms with E-state index in [2.05, 4.69) is 5.32 Å². The molecule has 2 aromatic rings. The summed E-state index contributed by atoms with van der Waals surface area (Å²) in [5.41, 5.74) is 3.81. The summed E-state index contributed by atoms with van der Waals surface area (Å²) in [5.74, 6) is -1.29. The largest absolute Gasteiger partial charge is 0.449 e. The molecule has 1 N–H and O–H groups in total. The number of hydrogen-bond acceptors (Lipinski definition) is 6. The Morgan fingerprint density at radius 2 is 1.69 bits per heavy atom. The first-order valence-corrected chi connectivity index (χ1v) is 9.06. The van der Waals surface area contributed by atoms with Crippen molar-refractivity contribution in [3.05, 3.63) is 62.7 Å². The highest BCUT2D eigenvalue weighted by molar-refractivity contribution is 6.00. The zero-order valence-electron chi connectivity index (χ0n) is 17.4. The minimum Gasteiger partial charge on any atom is -0.449 e. The third kappa shape index (κ3) is 5.10. The van der Waals surface area contributed by atoms with Gasteiger partial charge in [-0.25, -0.2) is 4.79 Å². The van der Waals surface area contributed by atoms with Crippen molar-refractivity contribution in [1.82, 2.24) is 0 Å². The molecule has 8 heteroatoms. The van der Waals surface area contributed by atoms with Crippen molar-refractivity contribution in [2.75, 3.05) is 24.3 Å². The number of nitro groups is 1. The summed E-state index contributed by atoms with van der Waals surface area (Å²) in [4.78, 5) is 37.3. The van der Waals surface area contributed by atoms with Gasteiger partial charge in [0.05, 0.1) is 16.2 Å². The van der Waals surface area contributed by atoms with Gasteiger partial charge in [-0.2, -0.15) is 0 Å². The lowest BCUT2D eigenvalue weighted by Crippen LogP contribution is -2.31. The number of carbonyl (C=O) groups is 2. The molecule has 0 spiro atoms. The maximum atomic E-state index is 12.6. The van der Waals surface area contributed by atoms with E-state index in [0.29, 0.717) is 11.4 Å². The smallest absolute Gasteiger partial charge is 0.341 e. The Labute approximate surface area is 169 Å². The van der Waals surface area contributed by atoms with Gasteiger partial charge in [0.2, 0.25) is 0 Å². The van der Waals surface area contributed by atoms with Gasteiger partial charge in [0, 0.05) is 31.9 Å².